The number of H-pyrrole nitrogens is 1. The van der Waals surface area contributed by atoms with Crippen molar-refractivity contribution < 1.29 is 13.9 Å². The summed E-state index contributed by atoms with van der Waals surface area (Å²) in [5, 5.41) is 10.8. The van der Waals surface area contributed by atoms with E-state index in [9.17, 15) is 13.9 Å². The lowest BCUT2D eigenvalue weighted by Crippen LogP contribution is -2.40. The summed E-state index contributed by atoms with van der Waals surface area (Å²) in [6.07, 6.45) is 3.13. The van der Waals surface area contributed by atoms with Crippen LogP contribution in [0.15, 0.2) is 42.6 Å². The Hall–Kier alpha value is -3.52. The number of imidazole rings is 1. The number of piperidine rings is 1. The third-order valence-electron chi connectivity index (χ3n) is 5.92. The second kappa shape index (κ2) is 7.87. The number of nitrogens with zero attached hydrogens (tertiary/aromatic N) is 3. The first-order valence-electron chi connectivity index (χ1n) is 10.5. The second-order valence-corrected chi connectivity index (χ2v) is 8.31. The Kier molecular flexibility index (Phi) is 5.01. The molecule has 0 saturated carbocycles. The molecular formula is C24H23F2N5O. The molecule has 1 aliphatic heterocycles. The number of hydrogen-bond acceptors (Lipinski definition) is 5. The van der Waals surface area contributed by atoms with Crippen LogP contribution in [0.2, 0.25) is 0 Å². The Bertz CT molecular complexity index is 1290. The van der Waals surface area contributed by atoms with E-state index in [1.165, 1.54) is 24.3 Å². The molecule has 0 bridgehead atoms. The summed E-state index contributed by atoms with van der Waals surface area (Å²) in [7, 11) is 0. The van der Waals surface area contributed by atoms with E-state index < -0.39 is 5.82 Å². The Morgan fingerprint density at radius 1 is 1.09 bits per heavy atom. The number of aromatic amines is 1. The van der Waals surface area contributed by atoms with Gasteiger partial charge in [0.1, 0.15) is 23.0 Å². The molecule has 8 heteroatoms. The molecule has 164 valence electrons. The highest BCUT2D eigenvalue weighted by Crippen LogP contribution is 2.44. The molecule has 4 aromatic rings. The Morgan fingerprint density at radius 2 is 1.88 bits per heavy atom. The molecule has 5 rings (SSSR count). The minimum absolute atomic E-state index is 0.110. The molecular weight excluding hydrogens is 412 g/mol. The molecule has 0 aliphatic carbocycles. The maximum atomic E-state index is 14.3. The summed E-state index contributed by atoms with van der Waals surface area (Å²) in [4.78, 5) is 14.0. The van der Waals surface area contributed by atoms with Gasteiger partial charge in [0.2, 0.25) is 5.88 Å². The van der Waals surface area contributed by atoms with Gasteiger partial charge < -0.3 is 20.7 Å². The zero-order valence-electron chi connectivity index (χ0n) is 17.6. The first-order chi connectivity index (χ1) is 15.4. The number of aromatic nitrogens is 3. The van der Waals surface area contributed by atoms with Crippen LogP contribution >= 0.6 is 0 Å². The van der Waals surface area contributed by atoms with Crippen molar-refractivity contribution in [1.29, 1.82) is 0 Å². The molecule has 0 amide bonds. The van der Waals surface area contributed by atoms with E-state index >= 15 is 0 Å². The molecule has 3 heterocycles. The van der Waals surface area contributed by atoms with Crippen LogP contribution in [0.25, 0.3) is 33.5 Å². The molecule has 6 nitrogen and oxygen atoms in total. The third kappa shape index (κ3) is 3.67. The average Bonchev–Trinajstić information content (AvgIpc) is 3.16. The molecule has 1 fully saturated rings. The number of anilines is 1. The largest absolute Gasteiger partial charge is 0.493 e. The van der Waals surface area contributed by atoms with Crippen LogP contribution in [0.3, 0.4) is 0 Å². The summed E-state index contributed by atoms with van der Waals surface area (Å²) in [6, 6.07) is 9.20. The highest BCUT2D eigenvalue weighted by atomic mass is 19.1. The van der Waals surface area contributed by atoms with Crippen molar-refractivity contribution in [3.8, 4) is 28.4 Å². The molecule has 2 aromatic heterocycles. The number of fused-ring (bicyclic) bond motifs is 1. The van der Waals surface area contributed by atoms with Gasteiger partial charge in [-0.25, -0.2) is 18.7 Å². The lowest BCUT2D eigenvalue weighted by molar-refractivity contribution is 0.454. The maximum absolute atomic E-state index is 14.3. The first-order valence-corrected chi connectivity index (χ1v) is 10.5. The van der Waals surface area contributed by atoms with E-state index in [-0.39, 0.29) is 17.7 Å². The summed E-state index contributed by atoms with van der Waals surface area (Å²) in [5.41, 5.74) is 10.4. The maximum Gasteiger partial charge on any atom is 0.224 e. The van der Waals surface area contributed by atoms with E-state index in [1.807, 2.05) is 13.0 Å². The van der Waals surface area contributed by atoms with Crippen LogP contribution in [-0.4, -0.2) is 39.2 Å². The Morgan fingerprint density at radius 3 is 2.62 bits per heavy atom. The van der Waals surface area contributed by atoms with Gasteiger partial charge in [-0.2, -0.15) is 0 Å². The van der Waals surface area contributed by atoms with Crippen molar-refractivity contribution in [2.75, 3.05) is 18.0 Å². The zero-order valence-corrected chi connectivity index (χ0v) is 17.6. The normalized spacial score (nSPS) is 14.9. The predicted molar refractivity (Wildman–Crippen MR) is 121 cm³/mol. The van der Waals surface area contributed by atoms with Crippen molar-refractivity contribution in [3.63, 3.8) is 0 Å². The van der Waals surface area contributed by atoms with E-state index in [4.69, 9.17) is 5.73 Å². The summed E-state index contributed by atoms with van der Waals surface area (Å²) >= 11 is 0. The molecule has 1 aliphatic rings. The van der Waals surface area contributed by atoms with Gasteiger partial charge in [-0.15, -0.1) is 0 Å². The van der Waals surface area contributed by atoms with Gasteiger partial charge in [-0.05, 0) is 55.2 Å². The molecule has 0 unspecified atom stereocenters. The number of aryl methyl sites for hydroxylation is 1. The lowest BCUT2D eigenvalue weighted by Gasteiger charge is -2.34. The van der Waals surface area contributed by atoms with Crippen LogP contribution in [0.1, 0.15) is 18.4 Å². The highest BCUT2D eigenvalue weighted by Gasteiger charge is 2.27. The van der Waals surface area contributed by atoms with Crippen LogP contribution in [0.5, 0.6) is 5.88 Å². The fourth-order valence-electron chi connectivity index (χ4n) is 4.36. The van der Waals surface area contributed by atoms with Crippen LogP contribution in [-0.2, 0) is 0 Å². The van der Waals surface area contributed by atoms with Gasteiger partial charge in [-0.1, -0.05) is 6.07 Å². The van der Waals surface area contributed by atoms with Crippen molar-refractivity contribution in [1.82, 2.24) is 15.0 Å². The standard InChI is InChI=1S/C24H23F2N5O/c1-13-8-14(10-16(26)9-13)18-12-28-24(32)21(22(18)31-6-4-17(27)5-7-31)23-29-19-3-2-15(25)11-20(19)30-23/h2-3,8-12,17H,4-7,27H2,1H3,(H,28,32)(H,29,30). The van der Waals surface area contributed by atoms with Crippen molar-refractivity contribution >= 4 is 16.7 Å². The number of nitrogens with two attached hydrogens (primary N) is 1. The summed E-state index contributed by atoms with van der Waals surface area (Å²) < 4.78 is 28.0. The quantitative estimate of drug-likeness (QED) is 0.440. The van der Waals surface area contributed by atoms with Crippen LogP contribution < -0.4 is 10.6 Å². The number of pyridine rings is 1. The van der Waals surface area contributed by atoms with Gasteiger partial charge in [0, 0.05) is 37.0 Å². The average molecular weight is 435 g/mol. The monoisotopic (exact) mass is 435 g/mol. The molecule has 32 heavy (non-hydrogen) atoms. The Labute approximate surface area is 183 Å². The van der Waals surface area contributed by atoms with Crippen molar-refractivity contribution in [2.45, 2.75) is 25.8 Å². The summed E-state index contributed by atoms with van der Waals surface area (Å²) in [6.45, 7) is 3.18. The van der Waals surface area contributed by atoms with E-state index in [2.05, 4.69) is 19.9 Å². The molecule has 0 atom stereocenters. The SMILES string of the molecule is Cc1cc(F)cc(-c2cnc(O)c(-c3nc4cc(F)ccc4[nH]3)c2N2CCC(N)CC2)c1. The number of hydrogen-bond donors (Lipinski definition) is 3. The highest BCUT2D eigenvalue weighted by molar-refractivity contribution is 5.93. The smallest absolute Gasteiger partial charge is 0.224 e. The number of nitrogens with one attached hydrogen (secondary N) is 1. The van der Waals surface area contributed by atoms with Crippen LogP contribution in [0, 0.1) is 18.6 Å². The predicted octanol–water partition coefficient (Wildman–Crippen LogP) is 4.51. The van der Waals surface area contributed by atoms with Gasteiger partial charge in [0.15, 0.2) is 0 Å². The molecule has 2 aromatic carbocycles. The lowest BCUT2D eigenvalue weighted by atomic mass is 9.97. The molecule has 0 spiro atoms. The Balaban J connectivity index is 1.76. The summed E-state index contributed by atoms with van der Waals surface area (Å²) in [5.74, 6) is -0.575. The number of halogens is 2. The second-order valence-electron chi connectivity index (χ2n) is 8.31. The minimum Gasteiger partial charge on any atom is -0.493 e. The van der Waals surface area contributed by atoms with Gasteiger partial charge in [0.05, 0.1) is 16.7 Å². The first kappa shape index (κ1) is 20.4. The molecule has 0 radical (unpaired) electrons. The topological polar surface area (TPSA) is 91.1 Å². The number of benzene rings is 2. The number of aromatic hydroxyl groups is 1. The van der Waals surface area contributed by atoms with Gasteiger partial charge in [-0.3, -0.25) is 0 Å². The third-order valence-corrected chi connectivity index (χ3v) is 5.92. The fraction of sp³-hybridized carbons (Fsp3) is 0.250. The minimum atomic E-state index is -0.396. The number of rotatable bonds is 3. The van der Waals surface area contributed by atoms with Gasteiger partial charge >= 0.3 is 0 Å². The fourth-order valence-corrected chi connectivity index (χ4v) is 4.36. The van der Waals surface area contributed by atoms with E-state index in [1.54, 1.807) is 12.3 Å². The van der Waals surface area contributed by atoms with Crippen molar-refractivity contribution in [2.24, 2.45) is 5.73 Å². The molecule has 4 N–H and O–H groups in total. The van der Waals surface area contributed by atoms with E-state index in [0.717, 1.165) is 18.4 Å². The van der Waals surface area contributed by atoms with E-state index in [0.29, 0.717) is 52.3 Å². The molecule has 1 saturated heterocycles. The van der Waals surface area contributed by atoms with Crippen LogP contribution in [0.4, 0.5) is 14.5 Å². The van der Waals surface area contributed by atoms with Crippen molar-refractivity contribution in [3.05, 3.63) is 59.8 Å². The zero-order chi connectivity index (χ0) is 22.4. The van der Waals surface area contributed by atoms with Gasteiger partial charge in [0.25, 0.3) is 0 Å².